The van der Waals surface area contributed by atoms with E-state index >= 15 is 0 Å². The van der Waals surface area contributed by atoms with Gasteiger partial charge in [-0.15, -0.1) is 0 Å². The Kier molecular flexibility index (Phi) is 5.56. The van der Waals surface area contributed by atoms with Gasteiger partial charge in [-0.25, -0.2) is 4.39 Å². The quantitative estimate of drug-likeness (QED) is 0.878. The van der Waals surface area contributed by atoms with E-state index in [1.54, 1.807) is 6.92 Å². The van der Waals surface area contributed by atoms with Crippen LogP contribution in [0.1, 0.15) is 50.7 Å². The first-order valence-corrected chi connectivity index (χ1v) is 7.46. The Morgan fingerprint density at radius 1 is 1.43 bits per heavy atom. The highest BCUT2D eigenvalue weighted by molar-refractivity contribution is 5.77. The second-order valence-electron chi connectivity index (χ2n) is 5.55. The smallest absolute Gasteiger partial charge is 0.258 e. The van der Waals surface area contributed by atoms with Crippen LogP contribution in [0.2, 0.25) is 0 Å². The molecule has 1 amide bonds. The largest absolute Gasteiger partial charge is 0.483 e. The van der Waals surface area contributed by atoms with Crippen molar-refractivity contribution in [2.24, 2.45) is 0 Å². The molecule has 5 heteroatoms. The second-order valence-corrected chi connectivity index (χ2v) is 5.55. The van der Waals surface area contributed by atoms with Crippen LogP contribution in [0.4, 0.5) is 4.39 Å². The van der Waals surface area contributed by atoms with Crippen molar-refractivity contribution in [3.8, 4) is 5.75 Å². The molecule has 0 spiro atoms. The molecule has 116 valence electrons. The van der Waals surface area contributed by atoms with Crippen molar-refractivity contribution in [3.05, 3.63) is 29.6 Å². The number of amides is 1. The average Bonchev–Trinajstić information content (AvgIpc) is 2.46. The molecule has 2 N–H and O–H groups in total. The summed E-state index contributed by atoms with van der Waals surface area (Å²) in [6.07, 6.45) is 4.74. The predicted octanol–water partition coefficient (Wildman–Crippen LogP) is 2.71. The van der Waals surface area contributed by atoms with E-state index in [1.165, 1.54) is 24.6 Å². The summed E-state index contributed by atoms with van der Waals surface area (Å²) in [7, 11) is 0. The number of carbonyl (C=O) groups excluding carboxylic acids is 1. The molecule has 1 fully saturated rings. The lowest BCUT2D eigenvalue weighted by Crippen LogP contribution is -2.39. The van der Waals surface area contributed by atoms with Crippen LogP contribution in [-0.2, 0) is 4.79 Å². The van der Waals surface area contributed by atoms with E-state index in [4.69, 9.17) is 4.74 Å². The molecule has 0 radical (unpaired) electrons. The van der Waals surface area contributed by atoms with Crippen LogP contribution in [0.3, 0.4) is 0 Å². The predicted molar refractivity (Wildman–Crippen MR) is 77.5 cm³/mol. The van der Waals surface area contributed by atoms with Gasteiger partial charge < -0.3 is 15.2 Å². The number of nitrogens with one attached hydrogen (secondary N) is 1. The molecule has 0 saturated heterocycles. The molecule has 1 aliphatic rings. The van der Waals surface area contributed by atoms with Gasteiger partial charge in [0.25, 0.3) is 5.91 Å². The topological polar surface area (TPSA) is 58.6 Å². The van der Waals surface area contributed by atoms with Gasteiger partial charge in [0.1, 0.15) is 11.6 Å². The van der Waals surface area contributed by atoms with E-state index in [0.717, 1.165) is 25.7 Å². The third-order valence-corrected chi connectivity index (χ3v) is 3.75. The third-order valence-electron chi connectivity index (χ3n) is 3.75. The molecule has 0 heterocycles. The van der Waals surface area contributed by atoms with Crippen LogP contribution >= 0.6 is 0 Å². The third kappa shape index (κ3) is 4.70. The van der Waals surface area contributed by atoms with Crippen molar-refractivity contribution >= 4 is 5.91 Å². The maximum Gasteiger partial charge on any atom is 0.258 e. The number of benzene rings is 1. The number of aliphatic hydroxyl groups is 1. The van der Waals surface area contributed by atoms with Crippen molar-refractivity contribution in [1.82, 2.24) is 5.32 Å². The fourth-order valence-corrected chi connectivity index (χ4v) is 2.64. The van der Waals surface area contributed by atoms with Crippen molar-refractivity contribution in [2.75, 3.05) is 6.61 Å². The Morgan fingerprint density at radius 2 is 2.14 bits per heavy atom. The molecule has 2 rings (SSSR count). The van der Waals surface area contributed by atoms with Gasteiger partial charge >= 0.3 is 0 Å². The van der Waals surface area contributed by atoms with Crippen LogP contribution in [0.5, 0.6) is 5.75 Å². The standard InChI is InChI=1S/C16H22FNO3/c1-11(19)14-8-7-12(17)9-15(14)21-10-16(20)18-13-5-3-2-4-6-13/h7-9,11,13,19H,2-6,10H2,1H3,(H,18,20). The number of aliphatic hydroxyl groups excluding tert-OH is 1. The molecule has 1 aromatic carbocycles. The van der Waals surface area contributed by atoms with Gasteiger partial charge in [-0.3, -0.25) is 4.79 Å². The van der Waals surface area contributed by atoms with E-state index in [0.29, 0.717) is 5.56 Å². The number of hydrogen-bond acceptors (Lipinski definition) is 3. The van der Waals surface area contributed by atoms with Crippen molar-refractivity contribution in [3.63, 3.8) is 0 Å². The molecule has 1 saturated carbocycles. The molecular formula is C16H22FNO3. The minimum Gasteiger partial charge on any atom is -0.483 e. The SMILES string of the molecule is CC(O)c1ccc(F)cc1OCC(=O)NC1CCCCC1. The normalized spacial score (nSPS) is 17.3. The fourth-order valence-electron chi connectivity index (χ4n) is 2.64. The molecule has 1 aliphatic carbocycles. The van der Waals surface area contributed by atoms with Gasteiger partial charge in [0.15, 0.2) is 6.61 Å². The molecule has 0 aliphatic heterocycles. The van der Waals surface area contributed by atoms with Crippen LogP contribution in [0.25, 0.3) is 0 Å². The van der Waals surface area contributed by atoms with Crippen molar-refractivity contribution < 1.29 is 19.0 Å². The number of rotatable bonds is 5. The Bertz CT molecular complexity index is 484. The summed E-state index contributed by atoms with van der Waals surface area (Å²) in [5.41, 5.74) is 0.474. The van der Waals surface area contributed by atoms with Gasteiger partial charge in [0, 0.05) is 17.7 Å². The minimum absolute atomic E-state index is 0.167. The summed E-state index contributed by atoms with van der Waals surface area (Å²) < 4.78 is 18.6. The van der Waals surface area contributed by atoms with Gasteiger partial charge in [0.2, 0.25) is 0 Å². The highest BCUT2D eigenvalue weighted by atomic mass is 19.1. The molecule has 4 nitrogen and oxygen atoms in total. The lowest BCUT2D eigenvalue weighted by Gasteiger charge is -2.23. The van der Waals surface area contributed by atoms with Gasteiger partial charge in [-0.1, -0.05) is 19.3 Å². The average molecular weight is 295 g/mol. The first kappa shape index (κ1) is 15.8. The number of hydrogen-bond donors (Lipinski definition) is 2. The Morgan fingerprint density at radius 3 is 2.81 bits per heavy atom. The van der Waals surface area contributed by atoms with E-state index in [9.17, 15) is 14.3 Å². The van der Waals surface area contributed by atoms with Crippen LogP contribution < -0.4 is 10.1 Å². The molecule has 1 unspecified atom stereocenters. The van der Waals surface area contributed by atoms with E-state index in [1.807, 2.05) is 0 Å². The van der Waals surface area contributed by atoms with Gasteiger partial charge in [0.05, 0.1) is 6.10 Å². The fraction of sp³-hybridized carbons (Fsp3) is 0.562. The first-order valence-electron chi connectivity index (χ1n) is 7.46. The Hall–Kier alpha value is -1.62. The molecule has 1 aromatic rings. The molecular weight excluding hydrogens is 273 g/mol. The number of halogens is 1. The number of carbonyl (C=O) groups is 1. The zero-order chi connectivity index (χ0) is 15.2. The zero-order valence-corrected chi connectivity index (χ0v) is 12.3. The van der Waals surface area contributed by atoms with Crippen LogP contribution in [0, 0.1) is 5.82 Å². The molecule has 1 atom stereocenters. The maximum atomic E-state index is 13.2. The summed E-state index contributed by atoms with van der Waals surface area (Å²) in [5, 5.41) is 12.6. The summed E-state index contributed by atoms with van der Waals surface area (Å²) in [6, 6.07) is 4.14. The van der Waals surface area contributed by atoms with E-state index < -0.39 is 11.9 Å². The lowest BCUT2D eigenvalue weighted by atomic mass is 9.95. The molecule has 0 bridgehead atoms. The van der Waals surface area contributed by atoms with Crippen LogP contribution in [0.15, 0.2) is 18.2 Å². The summed E-state index contributed by atoms with van der Waals surface area (Å²) >= 11 is 0. The lowest BCUT2D eigenvalue weighted by molar-refractivity contribution is -0.124. The van der Waals surface area contributed by atoms with Gasteiger partial charge in [-0.05, 0) is 31.9 Å². The van der Waals surface area contributed by atoms with Crippen molar-refractivity contribution in [2.45, 2.75) is 51.2 Å². The summed E-state index contributed by atoms with van der Waals surface area (Å²) in [5.74, 6) is -0.450. The van der Waals surface area contributed by atoms with E-state index in [2.05, 4.69) is 5.32 Å². The zero-order valence-electron chi connectivity index (χ0n) is 12.3. The summed E-state index contributed by atoms with van der Waals surface area (Å²) in [6.45, 7) is 1.40. The van der Waals surface area contributed by atoms with Crippen molar-refractivity contribution in [1.29, 1.82) is 0 Å². The second kappa shape index (κ2) is 7.41. The van der Waals surface area contributed by atoms with Crippen LogP contribution in [-0.4, -0.2) is 23.7 Å². The number of ether oxygens (including phenoxy) is 1. The Labute approximate surface area is 124 Å². The summed E-state index contributed by atoms with van der Waals surface area (Å²) in [4.78, 5) is 11.9. The van der Waals surface area contributed by atoms with E-state index in [-0.39, 0.29) is 24.3 Å². The highest BCUT2D eigenvalue weighted by Crippen LogP contribution is 2.26. The molecule has 0 aromatic heterocycles. The first-order chi connectivity index (χ1) is 10.1. The monoisotopic (exact) mass is 295 g/mol. The molecule has 21 heavy (non-hydrogen) atoms. The minimum atomic E-state index is -0.776. The van der Waals surface area contributed by atoms with Gasteiger partial charge in [-0.2, -0.15) is 0 Å². The Balaban J connectivity index is 1.89. The maximum absolute atomic E-state index is 13.2. The highest BCUT2D eigenvalue weighted by Gasteiger charge is 2.17.